The van der Waals surface area contributed by atoms with Crippen LogP contribution in [0.1, 0.15) is 15.9 Å². The molecule has 0 radical (unpaired) electrons. The number of carbonyl (C=O) groups excluding carboxylic acids is 1. The number of rotatable bonds is 9. The van der Waals surface area contributed by atoms with Gasteiger partial charge in [-0.1, -0.05) is 12.1 Å². The minimum absolute atomic E-state index is 0.0997. The maximum absolute atomic E-state index is 12.9. The summed E-state index contributed by atoms with van der Waals surface area (Å²) in [5.41, 5.74) is 0.961. The van der Waals surface area contributed by atoms with E-state index in [9.17, 15) is 13.2 Å². The number of sulfonamides is 1. The second-order valence-electron chi connectivity index (χ2n) is 7.13. The van der Waals surface area contributed by atoms with Crippen molar-refractivity contribution in [2.24, 2.45) is 0 Å². The Bertz CT molecular complexity index is 1250. The number of carbonyl (C=O) groups is 1. The second kappa shape index (κ2) is 9.92. The molecule has 176 valence electrons. The monoisotopic (exact) mass is 474 g/mol. The molecule has 0 bridgehead atoms. The molecule has 0 fully saturated rings. The number of benzene rings is 2. The van der Waals surface area contributed by atoms with Crippen molar-refractivity contribution in [2.45, 2.75) is 11.4 Å². The summed E-state index contributed by atoms with van der Waals surface area (Å²) in [6, 6.07) is 11.4. The summed E-state index contributed by atoms with van der Waals surface area (Å²) >= 11 is 0. The Labute approximate surface area is 192 Å². The standard InChI is InChI=1S/C22H26N4O6S/c1-25(2)33(28,29)19-13-15(9-10-17(19)30-3)22(27)24-20-11-12-23-26(20)14-16-7-6-8-18(31-4)21(16)32-5/h6-13H,14H2,1-5H3,(H,24,27). The molecule has 0 atom stereocenters. The Morgan fingerprint density at radius 2 is 1.76 bits per heavy atom. The second-order valence-corrected chi connectivity index (χ2v) is 9.25. The fraction of sp³-hybridized carbons (Fsp3) is 0.273. The van der Waals surface area contributed by atoms with Crippen LogP contribution < -0.4 is 19.5 Å². The molecule has 2 aromatic carbocycles. The molecule has 3 aromatic rings. The predicted octanol–water partition coefficient (Wildman–Crippen LogP) is 2.46. The third-order valence-electron chi connectivity index (χ3n) is 4.95. The zero-order valence-corrected chi connectivity index (χ0v) is 19.8. The molecule has 0 spiro atoms. The lowest BCUT2D eigenvalue weighted by atomic mass is 10.2. The molecule has 0 saturated carbocycles. The van der Waals surface area contributed by atoms with Crippen molar-refractivity contribution in [3.63, 3.8) is 0 Å². The number of para-hydroxylation sites is 1. The molecule has 3 rings (SSSR count). The molecule has 11 heteroatoms. The number of ether oxygens (including phenoxy) is 3. The van der Waals surface area contributed by atoms with Crippen molar-refractivity contribution in [3.05, 3.63) is 59.8 Å². The third kappa shape index (κ3) is 4.94. The topological polar surface area (TPSA) is 112 Å². The smallest absolute Gasteiger partial charge is 0.256 e. The van der Waals surface area contributed by atoms with Crippen LogP contribution in [0.4, 0.5) is 5.82 Å². The Hall–Kier alpha value is -3.57. The molecule has 0 aliphatic heterocycles. The van der Waals surface area contributed by atoms with Gasteiger partial charge in [0, 0.05) is 31.3 Å². The van der Waals surface area contributed by atoms with Crippen molar-refractivity contribution in [3.8, 4) is 17.2 Å². The van der Waals surface area contributed by atoms with E-state index in [1.54, 1.807) is 37.2 Å². The minimum atomic E-state index is -3.82. The Morgan fingerprint density at radius 1 is 1.03 bits per heavy atom. The lowest BCUT2D eigenvalue weighted by molar-refractivity contribution is 0.102. The maximum atomic E-state index is 12.9. The molecule has 0 aliphatic rings. The van der Waals surface area contributed by atoms with Gasteiger partial charge in [0.2, 0.25) is 10.0 Å². The fourth-order valence-corrected chi connectivity index (χ4v) is 4.28. The van der Waals surface area contributed by atoms with Gasteiger partial charge in [0.15, 0.2) is 11.5 Å². The van der Waals surface area contributed by atoms with Gasteiger partial charge in [0.1, 0.15) is 16.5 Å². The van der Waals surface area contributed by atoms with Crippen LogP contribution in [0.25, 0.3) is 0 Å². The SMILES string of the molecule is COc1ccc(C(=O)Nc2ccnn2Cc2cccc(OC)c2OC)cc1S(=O)(=O)N(C)C. The van der Waals surface area contributed by atoms with Gasteiger partial charge in [-0.2, -0.15) is 5.10 Å². The van der Waals surface area contributed by atoms with Gasteiger partial charge in [-0.3, -0.25) is 4.79 Å². The summed E-state index contributed by atoms with van der Waals surface area (Å²) in [6.07, 6.45) is 1.55. The number of hydrogen-bond donors (Lipinski definition) is 1. The van der Waals surface area contributed by atoms with Gasteiger partial charge in [0.05, 0.1) is 34.1 Å². The molecule has 10 nitrogen and oxygen atoms in total. The van der Waals surface area contributed by atoms with Crippen LogP contribution in [-0.4, -0.2) is 63.8 Å². The van der Waals surface area contributed by atoms with Gasteiger partial charge in [0.25, 0.3) is 5.91 Å². The molecule has 1 N–H and O–H groups in total. The number of aromatic nitrogens is 2. The molecule has 33 heavy (non-hydrogen) atoms. The van der Waals surface area contributed by atoms with Gasteiger partial charge in [-0.05, 0) is 24.3 Å². The Morgan fingerprint density at radius 3 is 2.39 bits per heavy atom. The number of amides is 1. The van der Waals surface area contributed by atoms with Gasteiger partial charge in [-0.25, -0.2) is 17.4 Å². The first kappa shape index (κ1) is 24.1. The highest BCUT2D eigenvalue weighted by atomic mass is 32.2. The van der Waals surface area contributed by atoms with E-state index >= 15 is 0 Å². The van der Waals surface area contributed by atoms with Crippen molar-refractivity contribution in [1.82, 2.24) is 14.1 Å². The van der Waals surface area contributed by atoms with Crippen molar-refractivity contribution in [2.75, 3.05) is 40.7 Å². The summed E-state index contributed by atoms with van der Waals surface area (Å²) < 4.78 is 43.9. The molecular weight excluding hydrogens is 448 g/mol. The average molecular weight is 475 g/mol. The number of methoxy groups -OCH3 is 3. The molecule has 0 aliphatic carbocycles. The molecule has 0 saturated heterocycles. The predicted molar refractivity (Wildman–Crippen MR) is 123 cm³/mol. The van der Waals surface area contributed by atoms with Crippen LogP contribution in [0.3, 0.4) is 0 Å². The largest absolute Gasteiger partial charge is 0.495 e. The lowest BCUT2D eigenvalue weighted by Crippen LogP contribution is -2.23. The van der Waals surface area contributed by atoms with E-state index in [1.165, 1.54) is 39.4 Å². The maximum Gasteiger partial charge on any atom is 0.256 e. The zero-order chi connectivity index (χ0) is 24.2. The van der Waals surface area contributed by atoms with Crippen molar-refractivity contribution in [1.29, 1.82) is 0 Å². The average Bonchev–Trinajstić information content (AvgIpc) is 3.24. The molecule has 1 heterocycles. The first-order valence-corrected chi connectivity index (χ1v) is 11.3. The van der Waals surface area contributed by atoms with Crippen LogP contribution >= 0.6 is 0 Å². The summed E-state index contributed by atoms with van der Waals surface area (Å²) in [5, 5.41) is 7.06. The molecule has 1 amide bonds. The number of hydrogen-bond acceptors (Lipinski definition) is 7. The minimum Gasteiger partial charge on any atom is -0.495 e. The number of anilines is 1. The number of nitrogens with zero attached hydrogens (tertiary/aromatic N) is 3. The van der Waals surface area contributed by atoms with Crippen LogP contribution in [0.2, 0.25) is 0 Å². The van der Waals surface area contributed by atoms with E-state index in [4.69, 9.17) is 14.2 Å². The van der Waals surface area contributed by atoms with Gasteiger partial charge < -0.3 is 19.5 Å². The third-order valence-corrected chi connectivity index (χ3v) is 6.78. The van der Waals surface area contributed by atoms with Gasteiger partial charge in [-0.15, -0.1) is 0 Å². The lowest BCUT2D eigenvalue weighted by Gasteiger charge is -2.16. The van der Waals surface area contributed by atoms with E-state index in [1.807, 2.05) is 12.1 Å². The number of nitrogens with one attached hydrogen (secondary N) is 1. The molecule has 0 unspecified atom stereocenters. The van der Waals surface area contributed by atoms with Crippen LogP contribution in [0.5, 0.6) is 17.2 Å². The first-order chi connectivity index (χ1) is 15.7. The van der Waals surface area contributed by atoms with E-state index < -0.39 is 15.9 Å². The summed E-state index contributed by atoms with van der Waals surface area (Å²) in [4.78, 5) is 12.8. The van der Waals surface area contributed by atoms with Crippen molar-refractivity contribution < 1.29 is 27.4 Å². The van der Waals surface area contributed by atoms with E-state index in [0.29, 0.717) is 23.9 Å². The Balaban J connectivity index is 1.89. The zero-order valence-electron chi connectivity index (χ0n) is 19.0. The normalized spacial score (nSPS) is 11.3. The molecular formula is C22H26N4O6S. The fourth-order valence-electron chi connectivity index (χ4n) is 3.21. The van der Waals surface area contributed by atoms with Crippen LogP contribution in [0.15, 0.2) is 53.6 Å². The van der Waals surface area contributed by atoms with Gasteiger partial charge >= 0.3 is 0 Å². The van der Waals surface area contributed by atoms with Crippen LogP contribution in [0, 0.1) is 0 Å². The molecule has 1 aromatic heterocycles. The highest BCUT2D eigenvalue weighted by molar-refractivity contribution is 7.89. The first-order valence-electron chi connectivity index (χ1n) is 9.86. The Kier molecular flexibility index (Phi) is 7.24. The van der Waals surface area contributed by atoms with Crippen LogP contribution in [-0.2, 0) is 16.6 Å². The van der Waals surface area contributed by atoms with E-state index in [2.05, 4.69) is 10.4 Å². The highest BCUT2D eigenvalue weighted by Gasteiger charge is 2.24. The summed E-state index contributed by atoms with van der Waals surface area (Å²) in [6.45, 7) is 0.311. The van der Waals surface area contributed by atoms with E-state index in [-0.39, 0.29) is 16.2 Å². The summed E-state index contributed by atoms with van der Waals surface area (Å²) in [5.74, 6) is 1.24. The van der Waals surface area contributed by atoms with Crippen molar-refractivity contribution >= 4 is 21.7 Å². The van der Waals surface area contributed by atoms with E-state index in [0.717, 1.165) is 9.87 Å². The highest BCUT2D eigenvalue weighted by Crippen LogP contribution is 2.32. The quantitative estimate of drug-likeness (QED) is 0.507. The summed E-state index contributed by atoms with van der Waals surface area (Å²) in [7, 11) is 3.48.